The zero-order valence-corrected chi connectivity index (χ0v) is 19.1. The van der Waals surface area contributed by atoms with Crippen LogP contribution in [0.1, 0.15) is 28.4 Å². The number of hydrogen-bond donors (Lipinski definition) is 1. The largest absolute Gasteiger partial charge is 0.488 e. The van der Waals surface area contributed by atoms with Gasteiger partial charge in [0.1, 0.15) is 18.2 Å². The second-order valence-corrected chi connectivity index (χ2v) is 8.37. The topological polar surface area (TPSA) is 79.2 Å². The Morgan fingerprint density at radius 2 is 1.88 bits per heavy atom. The number of nitrogens with zero attached hydrogens (tertiary/aromatic N) is 2. The number of ether oxygens (including phenoxy) is 1. The maximum absolute atomic E-state index is 13.1. The van der Waals surface area contributed by atoms with E-state index < -0.39 is 5.97 Å². The zero-order valence-electron chi connectivity index (χ0n) is 18.3. The summed E-state index contributed by atoms with van der Waals surface area (Å²) in [6, 6.07) is 19.7. The summed E-state index contributed by atoms with van der Waals surface area (Å²) < 4.78 is 19.1. The van der Waals surface area contributed by atoms with Crippen LogP contribution in [0.2, 0.25) is 0 Å². The van der Waals surface area contributed by atoms with Gasteiger partial charge in [-0.2, -0.15) is 0 Å². The minimum Gasteiger partial charge on any atom is -0.488 e. The van der Waals surface area contributed by atoms with Crippen LogP contribution in [0.25, 0.3) is 6.08 Å². The van der Waals surface area contributed by atoms with E-state index in [9.17, 15) is 19.1 Å². The number of amidine groups is 1. The van der Waals surface area contributed by atoms with Crippen molar-refractivity contribution in [1.82, 2.24) is 4.90 Å². The van der Waals surface area contributed by atoms with Crippen molar-refractivity contribution in [1.29, 1.82) is 0 Å². The SMILES string of the molecule is CCN1C(=O)C(=Cc2ccccc2OCc2ccc(F)cc2)SC1=Nc1cccc(C(=O)O)c1. The Hall–Kier alpha value is -3.91. The number of para-hydroxylation sites is 1. The van der Waals surface area contributed by atoms with E-state index in [0.29, 0.717) is 28.1 Å². The molecule has 0 radical (unpaired) electrons. The lowest BCUT2D eigenvalue weighted by molar-refractivity contribution is -0.122. The van der Waals surface area contributed by atoms with E-state index in [1.807, 2.05) is 31.2 Å². The lowest BCUT2D eigenvalue weighted by Gasteiger charge is -2.12. The first-order valence-corrected chi connectivity index (χ1v) is 11.4. The highest BCUT2D eigenvalue weighted by Crippen LogP contribution is 2.35. The molecule has 1 saturated heterocycles. The third-order valence-electron chi connectivity index (χ3n) is 5.04. The Kier molecular flexibility index (Phi) is 7.08. The average molecular weight is 477 g/mol. The molecule has 3 aromatic rings. The van der Waals surface area contributed by atoms with Crippen LogP contribution in [0.15, 0.2) is 82.7 Å². The molecule has 1 heterocycles. The van der Waals surface area contributed by atoms with Crippen molar-refractivity contribution in [2.24, 2.45) is 4.99 Å². The number of carbonyl (C=O) groups is 2. The molecule has 0 spiro atoms. The molecule has 34 heavy (non-hydrogen) atoms. The van der Waals surface area contributed by atoms with E-state index in [2.05, 4.69) is 4.99 Å². The number of benzene rings is 3. The lowest BCUT2D eigenvalue weighted by atomic mass is 10.1. The van der Waals surface area contributed by atoms with E-state index in [4.69, 9.17) is 4.74 Å². The Bertz CT molecular complexity index is 1290. The third kappa shape index (κ3) is 5.35. The molecule has 0 aliphatic carbocycles. The smallest absolute Gasteiger partial charge is 0.335 e. The molecular weight excluding hydrogens is 455 g/mol. The summed E-state index contributed by atoms with van der Waals surface area (Å²) in [6.07, 6.45) is 1.76. The quantitative estimate of drug-likeness (QED) is 0.441. The summed E-state index contributed by atoms with van der Waals surface area (Å²) in [4.78, 5) is 30.8. The third-order valence-corrected chi connectivity index (χ3v) is 6.04. The van der Waals surface area contributed by atoms with Crippen molar-refractivity contribution in [3.05, 3.63) is 100 Å². The molecule has 8 heteroatoms. The van der Waals surface area contributed by atoms with E-state index in [0.717, 1.165) is 11.1 Å². The first-order valence-electron chi connectivity index (χ1n) is 10.5. The second kappa shape index (κ2) is 10.4. The van der Waals surface area contributed by atoms with Crippen molar-refractivity contribution in [3.8, 4) is 5.75 Å². The molecule has 1 amide bonds. The molecule has 0 aromatic heterocycles. The fourth-order valence-electron chi connectivity index (χ4n) is 3.30. The highest BCUT2D eigenvalue weighted by molar-refractivity contribution is 8.18. The van der Waals surface area contributed by atoms with Gasteiger partial charge in [-0.15, -0.1) is 0 Å². The molecule has 0 bridgehead atoms. The van der Waals surface area contributed by atoms with Crippen LogP contribution < -0.4 is 4.74 Å². The molecule has 0 saturated carbocycles. The first kappa shape index (κ1) is 23.3. The normalized spacial score (nSPS) is 15.8. The van der Waals surface area contributed by atoms with Gasteiger partial charge in [-0.05, 0) is 66.7 Å². The minimum atomic E-state index is -1.04. The van der Waals surface area contributed by atoms with Gasteiger partial charge in [0.25, 0.3) is 5.91 Å². The number of aliphatic imine (C=N–C) groups is 1. The minimum absolute atomic E-state index is 0.127. The lowest BCUT2D eigenvalue weighted by Crippen LogP contribution is -2.28. The number of carboxylic acids is 1. The van der Waals surface area contributed by atoms with Gasteiger partial charge in [0.2, 0.25) is 0 Å². The number of halogens is 1. The highest BCUT2D eigenvalue weighted by Gasteiger charge is 2.32. The molecule has 172 valence electrons. The number of amides is 1. The summed E-state index contributed by atoms with van der Waals surface area (Å²) in [5.74, 6) is -0.940. The van der Waals surface area contributed by atoms with Gasteiger partial charge in [0, 0.05) is 12.1 Å². The summed E-state index contributed by atoms with van der Waals surface area (Å²) in [6.45, 7) is 2.53. The monoisotopic (exact) mass is 476 g/mol. The Morgan fingerprint density at radius 1 is 1.12 bits per heavy atom. The average Bonchev–Trinajstić information content (AvgIpc) is 3.13. The molecule has 1 aliphatic heterocycles. The molecule has 1 aliphatic rings. The fraction of sp³-hybridized carbons (Fsp3) is 0.115. The molecule has 0 unspecified atom stereocenters. The number of thioether (sulfide) groups is 1. The Balaban J connectivity index is 1.58. The Morgan fingerprint density at radius 3 is 2.62 bits per heavy atom. The fourth-order valence-corrected chi connectivity index (χ4v) is 4.36. The Labute approximate surface area is 200 Å². The van der Waals surface area contributed by atoms with Crippen molar-refractivity contribution in [2.75, 3.05) is 6.54 Å². The van der Waals surface area contributed by atoms with Crippen molar-refractivity contribution < 1.29 is 23.8 Å². The molecule has 1 N–H and O–H groups in total. The summed E-state index contributed by atoms with van der Waals surface area (Å²) >= 11 is 1.22. The van der Waals surface area contributed by atoms with Gasteiger partial charge in [-0.3, -0.25) is 9.69 Å². The number of carboxylic acid groups (broad SMARTS) is 1. The van der Waals surface area contributed by atoms with E-state index >= 15 is 0 Å². The molecule has 1 fully saturated rings. The summed E-state index contributed by atoms with van der Waals surface area (Å²) in [5.41, 5.74) is 2.14. The van der Waals surface area contributed by atoms with E-state index in [1.54, 1.807) is 35.2 Å². The van der Waals surface area contributed by atoms with Gasteiger partial charge in [0.05, 0.1) is 16.2 Å². The van der Waals surface area contributed by atoms with Crippen LogP contribution in [-0.2, 0) is 11.4 Å². The van der Waals surface area contributed by atoms with Crippen LogP contribution in [0.4, 0.5) is 10.1 Å². The predicted octanol–water partition coefficient (Wildman–Crippen LogP) is 5.73. The summed E-state index contributed by atoms with van der Waals surface area (Å²) in [5, 5.41) is 9.69. The number of likely N-dealkylation sites (N-methyl/N-ethyl adjacent to an activating group) is 1. The number of hydrogen-bond acceptors (Lipinski definition) is 5. The molecule has 3 aromatic carbocycles. The van der Waals surface area contributed by atoms with Crippen LogP contribution in [0.3, 0.4) is 0 Å². The van der Waals surface area contributed by atoms with E-state index in [1.165, 1.54) is 36.0 Å². The van der Waals surface area contributed by atoms with Crippen molar-refractivity contribution >= 4 is 40.6 Å². The van der Waals surface area contributed by atoms with Crippen LogP contribution >= 0.6 is 11.8 Å². The standard InChI is InChI=1S/C26H21FN2O4S/c1-2-29-24(30)23(34-26(29)28-21-8-5-7-19(14-21)25(31)32)15-18-6-3-4-9-22(18)33-16-17-10-12-20(27)13-11-17/h3-15H,2,16H2,1H3,(H,31,32). The van der Waals surface area contributed by atoms with Gasteiger partial charge >= 0.3 is 5.97 Å². The predicted molar refractivity (Wildman–Crippen MR) is 131 cm³/mol. The number of aromatic carboxylic acids is 1. The molecule has 4 rings (SSSR count). The number of carbonyl (C=O) groups excluding carboxylic acids is 1. The second-order valence-electron chi connectivity index (χ2n) is 7.36. The molecule has 0 atom stereocenters. The maximum Gasteiger partial charge on any atom is 0.335 e. The van der Waals surface area contributed by atoms with Gasteiger partial charge in [-0.1, -0.05) is 36.4 Å². The van der Waals surface area contributed by atoms with Crippen LogP contribution in [-0.4, -0.2) is 33.6 Å². The molecular formula is C26H21FN2O4S. The van der Waals surface area contributed by atoms with E-state index in [-0.39, 0.29) is 23.9 Å². The van der Waals surface area contributed by atoms with Gasteiger partial charge in [-0.25, -0.2) is 14.2 Å². The van der Waals surface area contributed by atoms with Crippen LogP contribution in [0, 0.1) is 5.82 Å². The number of rotatable bonds is 7. The van der Waals surface area contributed by atoms with Crippen molar-refractivity contribution in [2.45, 2.75) is 13.5 Å². The van der Waals surface area contributed by atoms with Crippen molar-refractivity contribution in [3.63, 3.8) is 0 Å². The highest BCUT2D eigenvalue weighted by atomic mass is 32.2. The molecule has 6 nitrogen and oxygen atoms in total. The summed E-state index contributed by atoms with van der Waals surface area (Å²) in [7, 11) is 0. The zero-order chi connectivity index (χ0) is 24.1. The van der Waals surface area contributed by atoms with Gasteiger partial charge < -0.3 is 9.84 Å². The van der Waals surface area contributed by atoms with Gasteiger partial charge in [0.15, 0.2) is 5.17 Å². The van der Waals surface area contributed by atoms with Crippen LogP contribution in [0.5, 0.6) is 5.75 Å². The first-order chi connectivity index (χ1) is 16.4. The maximum atomic E-state index is 13.1.